The smallest absolute Gasteiger partial charge is 0.232 e. The van der Waals surface area contributed by atoms with Crippen molar-refractivity contribution in [2.75, 3.05) is 37.9 Å². The predicted octanol–water partition coefficient (Wildman–Crippen LogP) is 1.03. The highest BCUT2D eigenvalue weighted by molar-refractivity contribution is 8.14. The van der Waals surface area contributed by atoms with E-state index in [9.17, 15) is 17.6 Å². The maximum absolute atomic E-state index is 13.1. The van der Waals surface area contributed by atoms with Crippen molar-refractivity contribution in [1.82, 2.24) is 9.80 Å². The number of carbonyl (C=O) groups excluding carboxylic acids is 1. The lowest BCUT2D eigenvalue weighted by atomic mass is 10.1. The fraction of sp³-hybridized carbons (Fsp3) is 0.529. The van der Waals surface area contributed by atoms with Crippen molar-refractivity contribution in [3.05, 3.63) is 35.6 Å². The number of rotatable bonds is 5. The van der Waals surface area contributed by atoms with Crippen LogP contribution >= 0.6 is 11.8 Å². The Hall–Kier alpha value is -1.61. The second-order valence-corrected chi connectivity index (χ2v) is 9.87. The molecule has 0 bridgehead atoms. The summed E-state index contributed by atoms with van der Waals surface area (Å²) in [7, 11) is 0.325. The number of amides is 1. The zero-order chi connectivity index (χ0) is 18.9. The minimum absolute atomic E-state index is 0.0131. The van der Waals surface area contributed by atoms with E-state index in [1.165, 1.54) is 28.8 Å². The molecule has 2 heterocycles. The van der Waals surface area contributed by atoms with E-state index in [1.807, 2.05) is 4.90 Å². The zero-order valence-corrected chi connectivity index (χ0v) is 16.4. The first-order valence-corrected chi connectivity index (χ1v) is 11.2. The largest absolute Gasteiger partial charge is 0.348 e. The van der Waals surface area contributed by atoms with Gasteiger partial charge in [-0.25, -0.2) is 12.8 Å². The molecule has 9 heteroatoms. The second kappa shape index (κ2) is 7.56. The minimum atomic E-state index is -3.08. The van der Waals surface area contributed by atoms with Gasteiger partial charge in [-0.3, -0.25) is 9.79 Å². The third-order valence-electron chi connectivity index (χ3n) is 4.59. The van der Waals surface area contributed by atoms with E-state index in [0.717, 1.165) is 10.7 Å². The lowest BCUT2D eigenvalue weighted by molar-refractivity contribution is -0.125. The van der Waals surface area contributed by atoms with E-state index in [-0.39, 0.29) is 41.1 Å². The van der Waals surface area contributed by atoms with Gasteiger partial charge in [0.25, 0.3) is 0 Å². The number of sulfone groups is 1. The Labute approximate surface area is 157 Å². The van der Waals surface area contributed by atoms with Gasteiger partial charge in [-0.1, -0.05) is 23.9 Å². The Morgan fingerprint density at radius 1 is 1.31 bits per heavy atom. The van der Waals surface area contributed by atoms with Gasteiger partial charge in [-0.05, 0) is 24.1 Å². The standard InChI is InChI=1S/C17H22FN3O3S2/c1-20(2)16(22)9-25-17-19-14-10-26(23,24)11-15(14)21(17)8-7-12-3-5-13(18)6-4-12/h3-6,14-15H,7-11H2,1-2H3/t14-,15-/m1/s1. The maximum atomic E-state index is 13.1. The molecule has 0 unspecified atom stereocenters. The summed E-state index contributed by atoms with van der Waals surface area (Å²) in [6.07, 6.45) is 0.657. The van der Waals surface area contributed by atoms with Gasteiger partial charge in [-0.15, -0.1) is 0 Å². The van der Waals surface area contributed by atoms with Crippen LogP contribution < -0.4 is 0 Å². The maximum Gasteiger partial charge on any atom is 0.232 e. The number of amidine groups is 1. The average Bonchev–Trinajstić information content (AvgIpc) is 3.03. The number of halogens is 1. The van der Waals surface area contributed by atoms with Gasteiger partial charge in [-0.2, -0.15) is 0 Å². The number of hydrogen-bond donors (Lipinski definition) is 0. The number of fused-ring (bicyclic) bond motifs is 1. The van der Waals surface area contributed by atoms with Crippen molar-refractivity contribution in [3.63, 3.8) is 0 Å². The highest BCUT2D eigenvalue weighted by Gasteiger charge is 2.46. The van der Waals surface area contributed by atoms with Crippen LogP contribution in [0.4, 0.5) is 4.39 Å². The summed E-state index contributed by atoms with van der Waals surface area (Å²) in [5.74, 6) is 0.135. The molecule has 26 heavy (non-hydrogen) atoms. The normalized spacial score (nSPS) is 23.7. The summed E-state index contributed by atoms with van der Waals surface area (Å²) in [5.41, 5.74) is 0.976. The first-order valence-electron chi connectivity index (χ1n) is 8.37. The summed E-state index contributed by atoms with van der Waals surface area (Å²) in [6.45, 7) is 0.588. The van der Waals surface area contributed by atoms with Gasteiger partial charge >= 0.3 is 0 Å². The summed E-state index contributed by atoms with van der Waals surface area (Å²) >= 11 is 1.35. The molecular weight excluding hydrogens is 377 g/mol. The molecule has 0 radical (unpaired) electrons. The van der Waals surface area contributed by atoms with E-state index in [2.05, 4.69) is 4.99 Å². The molecule has 0 spiro atoms. The molecule has 142 valence electrons. The van der Waals surface area contributed by atoms with Crippen LogP contribution in [0.3, 0.4) is 0 Å². The third kappa shape index (κ3) is 4.37. The highest BCUT2D eigenvalue weighted by Crippen LogP contribution is 2.31. The Bertz CT molecular complexity index is 809. The van der Waals surface area contributed by atoms with Crippen molar-refractivity contribution >= 4 is 32.7 Å². The molecular formula is C17H22FN3O3S2. The van der Waals surface area contributed by atoms with Crippen molar-refractivity contribution in [2.45, 2.75) is 18.5 Å². The zero-order valence-electron chi connectivity index (χ0n) is 14.8. The van der Waals surface area contributed by atoms with Gasteiger partial charge in [0.2, 0.25) is 5.91 Å². The third-order valence-corrected chi connectivity index (χ3v) is 7.28. The minimum Gasteiger partial charge on any atom is -0.348 e. The molecule has 1 aromatic carbocycles. The van der Waals surface area contributed by atoms with Crippen molar-refractivity contribution in [3.8, 4) is 0 Å². The highest BCUT2D eigenvalue weighted by atomic mass is 32.2. The van der Waals surface area contributed by atoms with Gasteiger partial charge in [0.1, 0.15) is 5.82 Å². The van der Waals surface area contributed by atoms with Crippen LogP contribution in [0.15, 0.2) is 29.3 Å². The molecule has 2 aliphatic heterocycles. The summed E-state index contributed by atoms with van der Waals surface area (Å²) in [4.78, 5) is 20.0. The molecule has 0 aliphatic carbocycles. The topological polar surface area (TPSA) is 70.0 Å². The average molecular weight is 400 g/mol. The Balaban J connectivity index is 1.71. The van der Waals surface area contributed by atoms with Crippen LogP contribution in [0.5, 0.6) is 0 Å². The molecule has 0 aromatic heterocycles. The van der Waals surface area contributed by atoms with E-state index in [4.69, 9.17) is 0 Å². The van der Waals surface area contributed by atoms with Crippen molar-refractivity contribution in [2.24, 2.45) is 4.99 Å². The molecule has 3 rings (SSSR count). The summed E-state index contributed by atoms with van der Waals surface area (Å²) in [6, 6.07) is 5.87. The SMILES string of the molecule is CN(C)C(=O)CSC1=N[C@@H]2CS(=O)(=O)C[C@H]2N1CCc1ccc(F)cc1. The van der Waals surface area contributed by atoms with Gasteiger partial charge in [0.15, 0.2) is 15.0 Å². The lowest BCUT2D eigenvalue weighted by Gasteiger charge is -2.26. The number of benzene rings is 1. The fourth-order valence-electron chi connectivity index (χ4n) is 3.13. The second-order valence-electron chi connectivity index (χ2n) is 6.77. The lowest BCUT2D eigenvalue weighted by Crippen LogP contribution is -2.40. The number of thioether (sulfide) groups is 1. The van der Waals surface area contributed by atoms with Crippen LogP contribution in [0.25, 0.3) is 0 Å². The van der Waals surface area contributed by atoms with E-state index in [0.29, 0.717) is 13.0 Å². The molecule has 1 aromatic rings. The Morgan fingerprint density at radius 2 is 2.00 bits per heavy atom. The fourth-order valence-corrected chi connectivity index (χ4v) is 6.12. The number of hydrogen-bond acceptors (Lipinski definition) is 6. The number of carbonyl (C=O) groups is 1. The molecule has 6 nitrogen and oxygen atoms in total. The van der Waals surface area contributed by atoms with Gasteiger partial charge in [0, 0.05) is 20.6 Å². The van der Waals surface area contributed by atoms with Crippen molar-refractivity contribution in [1.29, 1.82) is 0 Å². The van der Waals surface area contributed by atoms with Crippen LogP contribution in [0.1, 0.15) is 5.56 Å². The first kappa shape index (κ1) is 19.2. The van der Waals surface area contributed by atoms with Crippen LogP contribution in [-0.2, 0) is 21.1 Å². The molecule has 0 saturated carbocycles. The Kier molecular flexibility index (Phi) is 5.57. The van der Waals surface area contributed by atoms with Crippen LogP contribution in [0, 0.1) is 5.82 Å². The quantitative estimate of drug-likeness (QED) is 0.740. The molecule has 2 aliphatic rings. The summed E-state index contributed by atoms with van der Waals surface area (Å²) < 4.78 is 37.0. The van der Waals surface area contributed by atoms with Crippen molar-refractivity contribution < 1.29 is 17.6 Å². The predicted molar refractivity (Wildman–Crippen MR) is 102 cm³/mol. The van der Waals surface area contributed by atoms with E-state index >= 15 is 0 Å². The molecule has 2 atom stereocenters. The summed E-state index contributed by atoms with van der Waals surface area (Å²) in [5, 5.41) is 0.729. The first-order chi connectivity index (χ1) is 12.2. The molecule has 1 amide bonds. The molecule has 1 fully saturated rings. The van der Waals surface area contributed by atoms with E-state index in [1.54, 1.807) is 26.2 Å². The van der Waals surface area contributed by atoms with Gasteiger partial charge < -0.3 is 9.80 Å². The Morgan fingerprint density at radius 3 is 2.65 bits per heavy atom. The molecule has 0 N–H and O–H groups in total. The van der Waals surface area contributed by atoms with Crippen LogP contribution in [0.2, 0.25) is 0 Å². The van der Waals surface area contributed by atoms with Gasteiger partial charge in [0.05, 0.1) is 29.3 Å². The molecule has 1 saturated heterocycles. The monoisotopic (exact) mass is 399 g/mol. The number of aliphatic imine (C=N–C) groups is 1. The van der Waals surface area contributed by atoms with Crippen LogP contribution in [-0.4, -0.2) is 79.3 Å². The number of nitrogens with zero attached hydrogens (tertiary/aromatic N) is 3. The van der Waals surface area contributed by atoms with E-state index < -0.39 is 9.84 Å².